The summed E-state index contributed by atoms with van der Waals surface area (Å²) in [6.07, 6.45) is 1.55. The van der Waals surface area contributed by atoms with E-state index in [1.807, 2.05) is 30.3 Å². The number of ether oxygens (including phenoxy) is 1. The van der Waals surface area contributed by atoms with Crippen molar-refractivity contribution in [1.82, 2.24) is 10.2 Å². The van der Waals surface area contributed by atoms with E-state index in [1.54, 1.807) is 30.3 Å². The van der Waals surface area contributed by atoms with Crippen LogP contribution in [-0.2, 0) is 21.0 Å². The van der Waals surface area contributed by atoms with Gasteiger partial charge in [-0.25, -0.2) is 0 Å². The molecule has 2 aromatic carbocycles. The molecule has 0 aliphatic carbocycles. The summed E-state index contributed by atoms with van der Waals surface area (Å²) < 4.78 is 5.78. The van der Waals surface area contributed by atoms with E-state index in [4.69, 9.17) is 9.84 Å². The van der Waals surface area contributed by atoms with Gasteiger partial charge in [-0.2, -0.15) is 0 Å². The van der Waals surface area contributed by atoms with E-state index in [2.05, 4.69) is 5.32 Å². The van der Waals surface area contributed by atoms with Crippen molar-refractivity contribution in [3.05, 3.63) is 70.6 Å². The molecule has 0 aromatic heterocycles. The second-order valence-corrected chi connectivity index (χ2v) is 7.74. The molecule has 1 heterocycles. The molecule has 3 rings (SSSR count). The Bertz CT molecular complexity index is 1040. The Balaban J connectivity index is 1.65. The van der Waals surface area contributed by atoms with E-state index >= 15 is 0 Å². The minimum Gasteiger partial charge on any atom is -0.489 e. The molecule has 0 spiro atoms. The predicted octanol–water partition coefficient (Wildman–Crippen LogP) is 2.89. The quantitative estimate of drug-likeness (QED) is 0.607. The molecule has 1 fully saturated rings. The van der Waals surface area contributed by atoms with Crippen molar-refractivity contribution in [1.29, 1.82) is 0 Å². The number of amides is 3. The number of nitrogens with one attached hydrogen (secondary N) is 1. The fourth-order valence-electron chi connectivity index (χ4n) is 2.72. The first-order valence-electron chi connectivity index (χ1n) is 9.38. The molecule has 1 saturated heterocycles. The highest BCUT2D eigenvalue weighted by Gasteiger charge is 2.36. The average Bonchev–Trinajstić information content (AvgIpc) is 3.00. The van der Waals surface area contributed by atoms with Crippen molar-refractivity contribution in [3.63, 3.8) is 0 Å². The molecule has 9 heteroatoms. The lowest BCUT2D eigenvalue weighted by Gasteiger charge is -2.14. The number of nitrogens with zero attached hydrogens (tertiary/aromatic N) is 1. The highest BCUT2D eigenvalue weighted by molar-refractivity contribution is 8.18. The summed E-state index contributed by atoms with van der Waals surface area (Å²) in [4.78, 5) is 48.5. The molecule has 1 aliphatic heterocycles. The van der Waals surface area contributed by atoms with Crippen LogP contribution in [0.2, 0.25) is 0 Å². The van der Waals surface area contributed by atoms with Crippen LogP contribution >= 0.6 is 11.8 Å². The number of benzene rings is 2. The summed E-state index contributed by atoms with van der Waals surface area (Å²) in [6.45, 7) is 1.14. The van der Waals surface area contributed by atoms with E-state index < -0.39 is 35.6 Å². The standard InChI is InChI=1S/C22H20N2O6S/c1-14(21(27)28)23-19(25)12-24-20(26)18(31-22(24)29)11-16-8-5-9-17(10-16)30-13-15-6-3-2-4-7-15/h2-11,14H,12-13H2,1H3,(H,23,25)(H,27,28)/b18-11-. The van der Waals surface area contributed by atoms with Crippen molar-refractivity contribution < 1.29 is 29.0 Å². The van der Waals surface area contributed by atoms with Crippen LogP contribution in [0.4, 0.5) is 4.79 Å². The van der Waals surface area contributed by atoms with Gasteiger partial charge in [-0.1, -0.05) is 42.5 Å². The largest absolute Gasteiger partial charge is 0.489 e. The molecule has 1 unspecified atom stereocenters. The number of imide groups is 1. The second-order valence-electron chi connectivity index (χ2n) is 6.74. The normalized spacial score (nSPS) is 15.8. The van der Waals surface area contributed by atoms with Crippen LogP contribution < -0.4 is 10.1 Å². The van der Waals surface area contributed by atoms with Gasteiger partial charge >= 0.3 is 5.97 Å². The second kappa shape index (κ2) is 9.94. The van der Waals surface area contributed by atoms with Crippen molar-refractivity contribution in [2.75, 3.05) is 6.54 Å². The minimum atomic E-state index is -1.21. The van der Waals surface area contributed by atoms with E-state index in [0.717, 1.165) is 22.2 Å². The molecule has 2 aromatic rings. The van der Waals surface area contributed by atoms with E-state index in [-0.39, 0.29) is 4.91 Å². The fourth-order valence-corrected chi connectivity index (χ4v) is 3.55. The summed E-state index contributed by atoms with van der Waals surface area (Å²) in [5.74, 6) is -1.94. The molecular formula is C22H20N2O6S. The van der Waals surface area contributed by atoms with Crippen LogP contribution in [0.25, 0.3) is 6.08 Å². The molecular weight excluding hydrogens is 420 g/mol. The zero-order chi connectivity index (χ0) is 22.4. The summed E-state index contributed by atoms with van der Waals surface area (Å²) in [6, 6.07) is 15.6. The highest BCUT2D eigenvalue weighted by Crippen LogP contribution is 2.32. The van der Waals surface area contributed by atoms with Crippen LogP contribution in [0, 0.1) is 0 Å². The van der Waals surface area contributed by atoms with Gasteiger partial charge in [0.15, 0.2) is 0 Å². The molecule has 31 heavy (non-hydrogen) atoms. The molecule has 1 aliphatic rings. The van der Waals surface area contributed by atoms with Gasteiger partial charge in [-0.05, 0) is 48.0 Å². The smallest absolute Gasteiger partial charge is 0.325 e. The lowest BCUT2D eigenvalue weighted by molar-refractivity contribution is -0.141. The summed E-state index contributed by atoms with van der Waals surface area (Å²) in [5.41, 5.74) is 1.68. The molecule has 3 amide bonds. The monoisotopic (exact) mass is 440 g/mol. The Kier molecular flexibility index (Phi) is 7.09. The Morgan fingerprint density at radius 3 is 2.61 bits per heavy atom. The summed E-state index contributed by atoms with van der Waals surface area (Å²) >= 11 is 0.721. The van der Waals surface area contributed by atoms with E-state index in [0.29, 0.717) is 17.9 Å². The van der Waals surface area contributed by atoms with Gasteiger partial charge in [0, 0.05) is 0 Å². The SMILES string of the molecule is CC(NC(=O)CN1C(=O)S/C(=C\c2cccc(OCc3ccccc3)c2)C1=O)C(=O)O. The van der Waals surface area contributed by atoms with Gasteiger partial charge in [0.05, 0.1) is 4.91 Å². The zero-order valence-electron chi connectivity index (χ0n) is 16.6. The minimum absolute atomic E-state index is 0.171. The van der Waals surface area contributed by atoms with Crippen LogP contribution in [-0.4, -0.2) is 45.6 Å². The third kappa shape index (κ3) is 5.95. The van der Waals surface area contributed by atoms with Gasteiger partial charge in [0.25, 0.3) is 11.1 Å². The Morgan fingerprint density at radius 2 is 1.90 bits per heavy atom. The lowest BCUT2D eigenvalue weighted by Crippen LogP contribution is -2.45. The Hall–Kier alpha value is -3.59. The number of thioether (sulfide) groups is 1. The Morgan fingerprint density at radius 1 is 1.16 bits per heavy atom. The lowest BCUT2D eigenvalue weighted by atomic mass is 10.2. The van der Waals surface area contributed by atoms with Crippen molar-refractivity contribution in [2.45, 2.75) is 19.6 Å². The van der Waals surface area contributed by atoms with E-state index in [9.17, 15) is 19.2 Å². The van der Waals surface area contributed by atoms with Gasteiger partial charge in [-0.3, -0.25) is 24.1 Å². The third-order valence-electron chi connectivity index (χ3n) is 4.33. The molecule has 160 valence electrons. The molecule has 8 nitrogen and oxygen atoms in total. The first kappa shape index (κ1) is 22.1. The number of hydrogen-bond donors (Lipinski definition) is 2. The van der Waals surface area contributed by atoms with Gasteiger partial charge in [0.2, 0.25) is 5.91 Å². The van der Waals surface area contributed by atoms with E-state index in [1.165, 1.54) is 6.92 Å². The maximum atomic E-state index is 12.6. The van der Waals surface area contributed by atoms with Crippen LogP contribution in [0.3, 0.4) is 0 Å². The van der Waals surface area contributed by atoms with Gasteiger partial charge in [0.1, 0.15) is 24.9 Å². The Labute approximate surface area is 182 Å². The first-order valence-corrected chi connectivity index (χ1v) is 10.2. The number of aliphatic carboxylic acids is 1. The van der Waals surface area contributed by atoms with Crippen molar-refractivity contribution >= 4 is 40.9 Å². The molecule has 2 N–H and O–H groups in total. The summed E-state index contributed by atoms with van der Waals surface area (Å²) in [7, 11) is 0. The molecule has 1 atom stereocenters. The molecule has 0 saturated carbocycles. The zero-order valence-corrected chi connectivity index (χ0v) is 17.4. The number of carboxylic acid groups (broad SMARTS) is 1. The maximum absolute atomic E-state index is 12.6. The van der Waals surface area contributed by atoms with Crippen LogP contribution in [0.1, 0.15) is 18.1 Å². The fraction of sp³-hybridized carbons (Fsp3) is 0.182. The summed E-state index contributed by atoms with van der Waals surface area (Å²) in [5, 5.41) is 10.5. The van der Waals surface area contributed by atoms with Crippen LogP contribution in [0.5, 0.6) is 5.75 Å². The van der Waals surface area contributed by atoms with Gasteiger partial charge in [-0.15, -0.1) is 0 Å². The average molecular weight is 440 g/mol. The number of carboxylic acids is 1. The molecule has 0 radical (unpaired) electrons. The highest BCUT2D eigenvalue weighted by atomic mass is 32.2. The third-order valence-corrected chi connectivity index (χ3v) is 5.23. The number of hydrogen-bond acceptors (Lipinski definition) is 6. The number of carbonyl (C=O) groups is 4. The van der Waals surface area contributed by atoms with Crippen molar-refractivity contribution in [2.24, 2.45) is 0 Å². The predicted molar refractivity (Wildman–Crippen MR) is 115 cm³/mol. The van der Waals surface area contributed by atoms with Crippen molar-refractivity contribution in [3.8, 4) is 5.75 Å². The topological polar surface area (TPSA) is 113 Å². The van der Waals surface area contributed by atoms with Gasteiger partial charge < -0.3 is 15.2 Å². The molecule has 0 bridgehead atoms. The first-order chi connectivity index (χ1) is 14.8. The number of rotatable bonds is 8. The number of carbonyl (C=O) groups excluding carboxylic acids is 3. The maximum Gasteiger partial charge on any atom is 0.325 e. The van der Waals surface area contributed by atoms with Crippen LogP contribution in [0.15, 0.2) is 59.5 Å².